The molecule has 1 heterocycles. The smallest absolute Gasteiger partial charge is 0.271 e. The third-order valence-corrected chi connectivity index (χ3v) is 1.72. The van der Waals surface area contributed by atoms with Gasteiger partial charge in [-0.3, -0.25) is 9.78 Å². The van der Waals surface area contributed by atoms with Crippen molar-refractivity contribution in [3.63, 3.8) is 0 Å². The first kappa shape index (κ1) is 9.20. The zero-order valence-corrected chi connectivity index (χ0v) is 7.77. The van der Waals surface area contributed by atoms with Crippen LogP contribution in [-0.2, 0) is 0 Å². The molecule has 0 amide bonds. The van der Waals surface area contributed by atoms with Crippen molar-refractivity contribution in [2.75, 3.05) is 11.1 Å². The van der Waals surface area contributed by atoms with Crippen molar-refractivity contribution in [1.82, 2.24) is 15.2 Å². The highest BCUT2D eigenvalue weighted by Gasteiger charge is 1.97. The summed E-state index contributed by atoms with van der Waals surface area (Å²) >= 11 is 0. The molecule has 0 saturated carbocycles. The number of nitrogens with one attached hydrogen (secondary N) is 2. The van der Waals surface area contributed by atoms with E-state index in [-0.39, 0.29) is 11.5 Å². The summed E-state index contributed by atoms with van der Waals surface area (Å²) in [5.41, 5.74) is 6.66. The van der Waals surface area contributed by atoms with E-state index in [1.54, 1.807) is 18.2 Å². The predicted octanol–water partition coefficient (Wildman–Crippen LogP) is 0.491. The normalized spacial score (nSPS) is 9.87. The van der Waals surface area contributed by atoms with Crippen molar-refractivity contribution in [3.05, 3.63) is 40.8 Å². The zero-order valence-electron chi connectivity index (χ0n) is 7.77. The number of H-pyrrole nitrogens is 1. The summed E-state index contributed by atoms with van der Waals surface area (Å²) in [5, 5.41) is 10.1. The molecule has 4 N–H and O–H groups in total. The first-order chi connectivity index (χ1) is 7.24. The highest BCUT2D eigenvalue weighted by atomic mass is 16.1. The number of nitrogens with two attached hydrogens (primary N) is 1. The molecule has 0 atom stereocenters. The van der Waals surface area contributed by atoms with Crippen molar-refractivity contribution >= 4 is 17.3 Å². The maximum atomic E-state index is 10.9. The van der Waals surface area contributed by atoms with Crippen LogP contribution in [0.5, 0.6) is 0 Å². The molecule has 0 radical (unpaired) electrons. The molecular weight excluding hydrogens is 194 g/mol. The number of aromatic nitrogens is 3. The Hall–Kier alpha value is -2.37. The molecule has 0 aliphatic carbocycles. The molecule has 0 aliphatic heterocycles. The summed E-state index contributed by atoms with van der Waals surface area (Å²) in [4.78, 5) is 13.4. The van der Waals surface area contributed by atoms with Crippen molar-refractivity contribution in [2.45, 2.75) is 0 Å². The lowest BCUT2D eigenvalue weighted by atomic mass is 10.3. The Morgan fingerprint density at radius 3 is 3.00 bits per heavy atom. The molecule has 0 saturated heterocycles. The molecule has 76 valence electrons. The summed E-state index contributed by atoms with van der Waals surface area (Å²) in [6, 6.07) is 7.10. The molecule has 0 unspecified atom stereocenters. The van der Waals surface area contributed by atoms with E-state index < -0.39 is 0 Å². The number of benzene rings is 1. The van der Waals surface area contributed by atoms with Gasteiger partial charge in [0.1, 0.15) is 6.20 Å². The molecule has 15 heavy (non-hydrogen) atoms. The van der Waals surface area contributed by atoms with Crippen LogP contribution >= 0.6 is 0 Å². The Morgan fingerprint density at radius 1 is 1.40 bits per heavy atom. The maximum absolute atomic E-state index is 10.9. The Labute approximate surface area is 85.2 Å². The van der Waals surface area contributed by atoms with Gasteiger partial charge < -0.3 is 11.1 Å². The highest BCUT2D eigenvalue weighted by molar-refractivity contribution is 5.59. The Morgan fingerprint density at radius 2 is 2.27 bits per heavy atom. The molecule has 2 aromatic rings. The summed E-state index contributed by atoms with van der Waals surface area (Å²) in [7, 11) is 0. The van der Waals surface area contributed by atoms with Crippen molar-refractivity contribution in [1.29, 1.82) is 0 Å². The lowest BCUT2D eigenvalue weighted by Gasteiger charge is -2.03. The van der Waals surface area contributed by atoms with Crippen molar-refractivity contribution in [2.24, 2.45) is 0 Å². The third kappa shape index (κ3) is 2.31. The van der Waals surface area contributed by atoms with Crippen LogP contribution in [0.2, 0.25) is 0 Å². The molecule has 0 fully saturated rings. The largest absolute Gasteiger partial charge is 0.399 e. The summed E-state index contributed by atoms with van der Waals surface area (Å²) in [5.74, 6) is 0.285. The fraction of sp³-hybridized carbons (Fsp3) is 0. The molecule has 0 bridgehead atoms. The van der Waals surface area contributed by atoms with E-state index in [0.29, 0.717) is 5.69 Å². The highest BCUT2D eigenvalue weighted by Crippen LogP contribution is 2.14. The van der Waals surface area contributed by atoms with Gasteiger partial charge >= 0.3 is 0 Å². The monoisotopic (exact) mass is 203 g/mol. The van der Waals surface area contributed by atoms with E-state index in [0.717, 1.165) is 11.9 Å². The number of hydrogen-bond donors (Lipinski definition) is 3. The average Bonchev–Trinajstić information content (AvgIpc) is 2.17. The Balaban J connectivity index is 2.26. The molecule has 6 heteroatoms. The number of aromatic amines is 1. The molecule has 0 aliphatic rings. The zero-order chi connectivity index (χ0) is 10.7. The van der Waals surface area contributed by atoms with Crippen LogP contribution in [0.3, 0.4) is 0 Å². The second-order valence-corrected chi connectivity index (χ2v) is 2.93. The second kappa shape index (κ2) is 3.79. The third-order valence-electron chi connectivity index (χ3n) is 1.72. The predicted molar refractivity (Wildman–Crippen MR) is 56.8 cm³/mol. The minimum absolute atomic E-state index is 0.285. The minimum Gasteiger partial charge on any atom is -0.399 e. The van der Waals surface area contributed by atoms with Gasteiger partial charge in [0.25, 0.3) is 5.56 Å². The van der Waals surface area contributed by atoms with Gasteiger partial charge in [-0.15, -0.1) is 10.2 Å². The van der Waals surface area contributed by atoms with E-state index in [1.807, 2.05) is 6.07 Å². The molecule has 6 nitrogen and oxygen atoms in total. The summed E-state index contributed by atoms with van der Waals surface area (Å²) in [6.45, 7) is 0. The number of anilines is 3. The van der Waals surface area contributed by atoms with E-state index in [2.05, 4.69) is 20.5 Å². The second-order valence-electron chi connectivity index (χ2n) is 2.93. The van der Waals surface area contributed by atoms with Gasteiger partial charge in [-0.05, 0) is 18.2 Å². The van der Waals surface area contributed by atoms with Crippen LogP contribution in [0.4, 0.5) is 17.3 Å². The fourth-order valence-corrected chi connectivity index (χ4v) is 1.12. The number of hydrogen-bond acceptors (Lipinski definition) is 5. The van der Waals surface area contributed by atoms with Crippen LogP contribution in [0.25, 0.3) is 0 Å². The lowest BCUT2D eigenvalue weighted by Crippen LogP contribution is -2.10. The summed E-state index contributed by atoms with van der Waals surface area (Å²) in [6.07, 6.45) is 1.10. The summed E-state index contributed by atoms with van der Waals surface area (Å²) < 4.78 is 0. The molecule has 2 rings (SSSR count). The van der Waals surface area contributed by atoms with Gasteiger partial charge in [-0.2, -0.15) is 0 Å². The van der Waals surface area contributed by atoms with Crippen molar-refractivity contribution in [3.8, 4) is 0 Å². The minimum atomic E-state index is -0.309. The van der Waals surface area contributed by atoms with Gasteiger partial charge in [-0.1, -0.05) is 6.07 Å². The molecule has 1 aromatic heterocycles. The van der Waals surface area contributed by atoms with Gasteiger partial charge in [-0.25, -0.2) is 0 Å². The van der Waals surface area contributed by atoms with Gasteiger partial charge in [0.2, 0.25) is 5.95 Å². The topological polar surface area (TPSA) is 96.7 Å². The Bertz CT molecular complexity index is 522. The van der Waals surface area contributed by atoms with E-state index in [9.17, 15) is 4.79 Å². The molecule has 0 spiro atoms. The Kier molecular flexibility index (Phi) is 2.32. The van der Waals surface area contributed by atoms with E-state index in [4.69, 9.17) is 5.73 Å². The average molecular weight is 203 g/mol. The van der Waals surface area contributed by atoms with Gasteiger partial charge in [0.15, 0.2) is 0 Å². The fourth-order valence-electron chi connectivity index (χ4n) is 1.12. The first-order valence-corrected chi connectivity index (χ1v) is 4.28. The number of nitrogens with zero attached hydrogens (tertiary/aromatic N) is 2. The lowest BCUT2D eigenvalue weighted by molar-refractivity contribution is 0.954. The van der Waals surface area contributed by atoms with Gasteiger partial charge in [0, 0.05) is 11.4 Å². The van der Waals surface area contributed by atoms with E-state index >= 15 is 0 Å². The standard InChI is InChI=1S/C9H9N5O/c10-6-2-1-3-7(4-6)12-9-13-8(15)5-11-14-9/h1-5H,10H2,(H2,12,13,14,15). The first-order valence-electron chi connectivity index (χ1n) is 4.28. The number of nitrogen functional groups attached to an aromatic ring is 1. The quantitative estimate of drug-likeness (QED) is 0.617. The van der Waals surface area contributed by atoms with E-state index in [1.165, 1.54) is 0 Å². The number of rotatable bonds is 2. The van der Waals surface area contributed by atoms with Crippen molar-refractivity contribution < 1.29 is 0 Å². The maximum Gasteiger partial charge on any atom is 0.271 e. The van der Waals surface area contributed by atoms with Gasteiger partial charge in [0.05, 0.1) is 0 Å². The molecular formula is C9H9N5O. The van der Waals surface area contributed by atoms with Crippen LogP contribution in [0, 0.1) is 0 Å². The van der Waals surface area contributed by atoms with Crippen LogP contribution in [0.1, 0.15) is 0 Å². The SMILES string of the molecule is Nc1cccc(Nc2nncc(=O)[nH]2)c1. The van der Waals surface area contributed by atoms with Crippen LogP contribution in [-0.4, -0.2) is 15.2 Å². The molecule has 1 aromatic carbocycles. The van der Waals surface area contributed by atoms with Crippen LogP contribution in [0.15, 0.2) is 35.3 Å². The van der Waals surface area contributed by atoms with Crippen LogP contribution < -0.4 is 16.6 Å².